The van der Waals surface area contributed by atoms with E-state index in [1.54, 1.807) is 0 Å². The Balaban J connectivity index is 1.24. The minimum Gasteiger partial charge on any atom is -0.473 e. The van der Waals surface area contributed by atoms with E-state index in [-0.39, 0.29) is 0 Å². The molecule has 0 amide bonds. The number of fused-ring (bicyclic) bond motifs is 8. The van der Waals surface area contributed by atoms with Crippen molar-refractivity contribution < 1.29 is 14.2 Å². The highest BCUT2D eigenvalue weighted by Crippen LogP contribution is 2.59. The summed E-state index contributed by atoms with van der Waals surface area (Å²) in [6.45, 7) is 12.1. The molecule has 5 aromatic rings. The molecule has 0 N–H and O–H groups in total. The molecule has 9 rings (SSSR count). The first kappa shape index (κ1) is 29.1. The number of hydrogen-bond donors (Lipinski definition) is 0. The molecule has 1 fully saturated rings. The van der Waals surface area contributed by atoms with Gasteiger partial charge in [-0.15, -0.1) is 0 Å². The smallest absolute Gasteiger partial charge is 0.180 e. The number of benzene rings is 5. The van der Waals surface area contributed by atoms with E-state index < -0.39 is 11.2 Å². The summed E-state index contributed by atoms with van der Waals surface area (Å²) in [4.78, 5) is 2.39. The van der Waals surface area contributed by atoms with E-state index in [2.05, 4.69) is 148 Å². The van der Waals surface area contributed by atoms with Crippen LogP contribution in [-0.2, 0) is 15.9 Å². The maximum atomic E-state index is 7.45. The largest absolute Gasteiger partial charge is 0.473 e. The van der Waals surface area contributed by atoms with Crippen molar-refractivity contribution in [2.45, 2.75) is 38.9 Å². The minimum absolute atomic E-state index is 0.760. The van der Waals surface area contributed by atoms with Gasteiger partial charge in [0, 0.05) is 52.2 Å². The maximum absolute atomic E-state index is 7.45. The van der Waals surface area contributed by atoms with E-state index in [0.29, 0.717) is 0 Å². The monoisotopic (exact) mass is 629 g/mol. The molecule has 0 aromatic heterocycles. The minimum atomic E-state index is -0.799. The molecule has 48 heavy (non-hydrogen) atoms. The Morgan fingerprint density at radius 2 is 1.29 bits per heavy atom. The summed E-state index contributed by atoms with van der Waals surface area (Å²) < 4.78 is 20.3. The quantitative estimate of drug-likeness (QED) is 0.199. The molecule has 4 heteroatoms. The van der Waals surface area contributed by atoms with Gasteiger partial charge in [-0.2, -0.15) is 0 Å². The third-order valence-electron chi connectivity index (χ3n) is 11.1. The zero-order valence-electron chi connectivity index (χ0n) is 28.0. The van der Waals surface area contributed by atoms with Crippen LogP contribution in [0.25, 0.3) is 23.3 Å². The van der Waals surface area contributed by atoms with Gasteiger partial charge in [0.25, 0.3) is 0 Å². The predicted molar refractivity (Wildman–Crippen MR) is 194 cm³/mol. The molecule has 2 atom stereocenters. The molecule has 1 spiro atoms. The van der Waals surface area contributed by atoms with Gasteiger partial charge in [-0.25, -0.2) is 0 Å². The van der Waals surface area contributed by atoms with Crippen molar-refractivity contribution in [3.05, 3.63) is 159 Å². The molecule has 4 nitrogen and oxygen atoms in total. The van der Waals surface area contributed by atoms with Crippen molar-refractivity contribution >= 4 is 17.8 Å². The Bertz CT molecular complexity index is 2160. The number of morpholine rings is 1. The Morgan fingerprint density at radius 3 is 2.08 bits per heavy atom. The molecule has 1 aliphatic carbocycles. The summed E-state index contributed by atoms with van der Waals surface area (Å²) in [7, 11) is 0. The lowest BCUT2D eigenvalue weighted by Crippen LogP contribution is -2.37. The fourth-order valence-corrected chi connectivity index (χ4v) is 8.26. The van der Waals surface area contributed by atoms with Gasteiger partial charge in [-0.05, 0) is 91.4 Å². The molecule has 0 radical (unpaired) electrons. The van der Waals surface area contributed by atoms with Crippen LogP contribution in [0.2, 0.25) is 0 Å². The highest BCUT2D eigenvalue weighted by atomic mass is 16.5. The number of rotatable bonds is 3. The lowest BCUT2D eigenvalue weighted by atomic mass is 9.79. The van der Waals surface area contributed by atoms with E-state index >= 15 is 0 Å². The van der Waals surface area contributed by atoms with Crippen LogP contribution in [0.1, 0.15) is 55.6 Å². The Labute approximate surface area is 282 Å². The molecule has 1 saturated heterocycles. The summed E-state index contributed by atoms with van der Waals surface area (Å²) >= 11 is 0. The second-order valence-electron chi connectivity index (χ2n) is 13.6. The molecule has 4 aliphatic rings. The molecule has 5 aromatic carbocycles. The van der Waals surface area contributed by atoms with Gasteiger partial charge in [0.05, 0.1) is 13.2 Å². The molecular formula is C44H39NO3. The van der Waals surface area contributed by atoms with Crippen LogP contribution in [0, 0.1) is 27.7 Å². The Kier molecular flexibility index (Phi) is 6.51. The summed E-state index contributed by atoms with van der Waals surface area (Å²) in [5.41, 5.74) is 13.7. The van der Waals surface area contributed by atoms with Crippen molar-refractivity contribution in [3.8, 4) is 22.6 Å². The van der Waals surface area contributed by atoms with Crippen LogP contribution < -0.4 is 14.4 Å². The zero-order valence-corrected chi connectivity index (χ0v) is 28.0. The zero-order chi connectivity index (χ0) is 32.6. The molecule has 0 bridgehead atoms. The normalized spacial score (nSPS) is 21.6. The molecular weight excluding hydrogens is 590 g/mol. The van der Waals surface area contributed by atoms with Crippen molar-refractivity contribution in [1.82, 2.24) is 0 Å². The van der Waals surface area contributed by atoms with Crippen LogP contribution in [0.15, 0.2) is 103 Å². The average molecular weight is 630 g/mol. The van der Waals surface area contributed by atoms with Crippen molar-refractivity contribution in [1.29, 1.82) is 0 Å². The van der Waals surface area contributed by atoms with E-state index in [1.807, 2.05) is 0 Å². The highest BCUT2D eigenvalue weighted by Gasteiger charge is 2.50. The van der Waals surface area contributed by atoms with Gasteiger partial charge in [-0.3, -0.25) is 0 Å². The maximum Gasteiger partial charge on any atom is 0.180 e. The molecule has 3 heterocycles. The van der Waals surface area contributed by atoms with Gasteiger partial charge >= 0.3 is 0 Å². The van der Waals surface area contributed by atoms with Gasteiger partial charge in [-0.1, -0.05) is 84.9 Å². The van der Waals surface area contributed by atoms with Gasteiger partial charge in [0.2, 0.25) is 0 Å². The lowest BCUT2D eigenvalue weighted by molar-refractivity contribution is 0.122. The van der Waals surface area contributed by atoms with Crippen LogP contribution in [0.3, 0.4) is 0 Å². The van der Waals surface area contributed by atoms with E-state index in [0.717, 1.165) is 71.2 Å². The first-order chi connectivity index (χ1) is 23.4. The second kappa shape index (κ2) is 10.7. The Hall–Kier alpha value is -5.06. The third-order valence-corrected chi connectivity index (χ3v) is 11.1. The predicted octanol–water partition coefficient (Wildman–Crippen LogP) is 9.44. The van der Waals surface area contributed by atoms with E-state index in [9.17, 15) is 0 Å². The highest BCUT2D eigenvalue weighted by molar-refractivity contribution is 5.92. The first-order valence-electron chi connectivity index (χ1n) is 17.0. The third kappa shape index (κ3) is 4.05. The lowest BCUT2D eigenvalue weighted by Gasteiger charge is -2.40. The van der Waals surface area contributed by atoms with Crippen LogP contribution in [0.5, 0.6) is 11.5 Å². The molecule has 3 aliphatic heterocycles. The number of hydrogen-bond acceptors (Lipinski definition) is 4. The SMILES string of the molecule is Cc1ccc2c(c1C)C=CC1(O2)c2ccccc2-c2c(C)c(C)c3c(c21)C=CC(c1ccccc1)(c1ccc(N2CCOCC2)cc1)O3. The van der Waals surface area contributed by atoms with Crippen LogP contribution >= 0.6 is 0 Å². The van der Waals surface area contributed by atoms with Crippen LogP contribution in [0.4, 0.5) is 5.69 Å². The summed E-state index contributed by atoms with van der Waals surface area (Å²) in [6, 6.07) is 32.6. The van der Waals surface area contributed by atoms with Crippen molar-refractivity contribution in [3.63, 3.8) is 0 Å². The topological polar surface area (TPSA) is 30.9 Å². The fourth-order valence-electron chi connectivity index (χ4n) is 8.26. The number of ether oxygens (including phenoxy) is 3. The molecule has 0 saturated carbocycles. The van der Waals surface area contributed by atoms with Gasteiger partial charge < -0.3 is 19.1 Å². The number of nitrogens with zero attached hydrogens (tertiary/aromatic N) is 1. The number of aryl methyl sites for hydroxylation is 1. The standard InChI is InChI=1S/C44H39NO3/c1-28-14-19-39-35(29(28)2)20-23-44(47-39)38-13-9-8-12-36(38)40-30(3)31(4)42-37(41(40)44)21-22-43(48-42,32-10-6-5-7-11-32)33-15-17-34(18-16-33)45-24-26-46-27-25-45/h5-23H,24-27H2,1-4H3. The van der Waals surface area contributed by atoms with Crippen molar-refractivity contribution in [2.24, 2.45) is 0 Å². The summed E-state index contributed by atoms with van der Waals surface area (Å²) in [5.74, 6) is 1.82. The first-order valence-corrected chi connectivity index (χ1v) is 17.0. The van der Waals surface area contributed by atoms with Gasteiger partial charge in [0.15, 0.2) is 11.2 Å². The van der Waals surface area contributed by atoms with E-state index in [1.165, 1.54) is 39.1 Å². The molecule has 238 valence electrons. The second-order valence-corrected chi connectivity index (χ2v) is 13.6. The van der Waals surface area contributed by atoms with E-state index in [4.69, 9.17) is 14.2 Å². The Morgan fingerprint density at radius 1 is 0.604 bits per heavy atom. The molecule has 2 unspecified atom stereocenters. The summed E-state index contributed by atoms with van der Waals surface area (Å²) in [5, 5.41) is 0. The summed E-state index contributed by atoms with van der Waals surface area (Å²) in [6.07, 6.45) is 9.10. The van der Waals surface area contributed by atoms with Gasteiger partial charge in [0.1, 0.15) is 11.5 Å². The van der Waals surface area contributed by atoms with Crippen LogP contribution in [-0.4, -0.2) is 26.3 Å². The number of anilines is 1. The fraction of sp³-hybridized carbons (Fsp3) is 0.227. The van der Waals surface area contributed by atoms with Crippen molar-refractivity contribution in [2.75, 3.05) is 31.2 Å². The average Bonchev–Trinajstić information content (AvgIpc) is 3.42.